The van der Waals surface area contributed by atoms with Gasteiger partial charge in [-0.1, -0.05) is 0 Å². The van der Waals surface area contributed by atoms with E-state index >= 15 is 0 Å². The van der Waals surface area contributed by atoms with Gasteiger partial charge >= 0.3 is 0 Å². The molecule has 2 amide bonds. The van der Waals surface area contributed by atoms with Crippen LogP contribution < -0.4 is 0 Å². The topological polar surface area (TPSA) is 53.1 Å². The molecule has 1 atom stereocenters. The van der Waals surface area contributed by atoms with Crippen LogP contribution >= 0.6 is 11.3 Å². The molecule has 6 nitrogen and oxygen atoms in total. The molecule has 0 aromatic carbocycles. The first-order chi connectivity index (χ1) is 11.9. The fraction of sp³-hybridized carbons (Fsp3) is 0.667. The standard InChI is InChI=1S/C18H29N3O3S/c1-14-5-6-16(25-14)13-21(8-7-19(2)3)18(23)15-11-17(22)20(12-15)9-10-24-4/h5-6,15H,7-13H2,1-4H3/t15-/m1/s1. The summed E-state index contributed by atoms with van der Waals surface area (Å²) in [6.45, 7) is 5.74. The Kier molecular flexibility index (Phi) is 7.40. The minimum atomic E-state index is -0.243. The average molecular weight is 368 g/mol. The SMILES string of the molecule is COCCN1C[C@H](C(=O)N(CCN(C)C)Cc2ccc(C)s2)CC1=O. The second-order valence-electron chi connectivity index (χ2n) is 6.81. The summed E-state index contributed by atoms with van der Waals surface area (Å²) < 4.78 is 5.05. The molecule has 7 heteroatoms. The van der Waals surface area contributed by atoms with Crippen LogP contribution in [-0.4, -0.2) is 80.5 Å². The Labute approximate surface area is 154 Å². The lowest BCUT2D eigenvalue weighted by Gasteiger charge is -2.26. The van der Waals surface area contributed by atoms with Gasteiger partial charge in [-0.2, -0.15) is 0 Å². The molecule has 1 aromatic heterocycles. The van der Waals surface area contributed by atoms with Crippen LogP contribution in [0.25, 0.3) is 0 Å². The zero-order valence-electron chi connectivity index (χ0n) is 15.7. The number of hydrogen-bond acceptors (Lipinski definition) is 5. The number of amides is 2. The Morgan fingerprint density at radius 1 is 1.36 bits per heavy atom. The second-order valence-corrected chi connectivity index (χ2v) is 8.18. The normalized spacial score (nSPS) is 17.6. The predicted molar refractivity (Wildman–Crippen MR) is 99.6 cm³/mol. The molecule has 1 aliphatic heterocycles. The first-order valence-electron chi connectivity index (χ1n) is 8.66. The number of likely N-dealkylation sites (N-methyl/N-ethyl adjacent to an activating group) is 1. The molecule has 140 valence electrons. The van der Waals surface area contributed by atoms with Gasteiger partial charge in [0.25, 0.3) is 0 Å². The Morgan fingerprint density at radius 3 is 2.72 bits per heavy atom. The highest BCUT2D eigenvalue weighted by Gasteiger charge is 2.36. The lowest BCUT2D eigenvalue weighted by atomic mass is 10.1. The number of thiophene rings is 1. The van der Waals surface area contributed by atoms with Gasteiger partial charge in [0.2, 0.25) is 11.8 Å². The minimum absolute atomic E-state index is 0.0509. The van der Waals surface area contributed by atoms with Crippen molar-refractivity contribution in [1.82, 2.24) is 14.7 Å². The van der Waals surface area contributed by atoms with E-state index in [-0.39, 0.29) is 17.7 Å². The van der Waals surface area contributed by atoms with Crippen LogP contribution in [0.15, 0.2) is 12.1 Å². The number of methoxy groups -OCH3 is 1. The quantitative estimate of drug-likeness (QED) is 0.663. The molecular formula is C18H29N3O3S. The lowest BCUT2D eigenvalue weighted by molar-refractivity contribution is -0.136. The van der Waals surface area contributed by atoms with E-state index in [9.17, 15) is 9.59 Å². The number of likely N-dealkylation sites (tertiary alicyclic amines) is 1. The third-order valence-corrected chi connectivity index (χ3v) is 5.39. The number of nitrogens with zero attached hydrogens (tertiary/aromatic N) is 3. The van der Waals surface area contributed by atoms with Crippen LogP contribution in [0.5, 0.6) is 0 Å². The molecule has 1 saturated heterocycles. The summed E-state index contributed by atoms with van der Waals surface area (Å²) in [5, 5.41) is 0. The van der Waals surface area contributed by atoms with E-state index in [1.807, 2.05) is 19.0 Å². The van der Waals surface area contributed by atoms with E-state index in [1.165, 1.54) is 9.75 Å². The fourth-order valence-electron chi connectivity index (χ4n) is 2.96. The summed E-state index contributed by atoms with van der Waals surface area (Å²) in [5.74, 6) is -0.108. The van der Waals surface area contributed by atoms with Gasteiger partial charge in [0, 0.05) is 49.5 Å². The lowest BCUT2D eigenvalue weighted by Crippen LogP contribution is -2.40. The molecule has 1 fully saturated rings. The molecule has 2 heterocycles. The van der Waals surface area contributed by atoms with Gasteiger partial charge in [-0.15, -0.1) is 11.3 Å². The van der Waals surface area contributed by atoms with E-state index in [0.29, 0.717) is 39.2 Å². The highest BCUT2D eigenvalue weighted by molar-refractivity contribution is 7.11. The number of carbonyl (C=O) groups is 2. The van der Waals surface area contributed by atoms with Crippen LogP contribution in [0.1, 0.15) is 16.2 Å². The maximum atomic E-state index is 13.0. The van der Waals surface area contributed by atoms with Crippen LogP contribution in [0.2, 0.25) is 0 Å². The zero-order chi connectivity index (χ0) is 18.4. The van der Waals surface area contributed by atoms with Crippen LogP contribution in [0.3, 0.4) is 0 Å². The van der Waals surface area contributed by atoms with Gasteiger partial charge < -0.3 is 19.4 Å². The summed E-state index contributed by atoms with van der Waals surface area (Å²) >= 11 is 1.72. The molecule has 0 saturated carbocycles. The smallest absolute Gasteiger partial charge is 0.228 e. The van der Waals surface area contributed by atoms with Gasteiger partial charge in [0.05, 0.1) is 19.1 Å². The number of hydrogen-bond donors (Lipinski definition) is 0. The predicted octanol–water partition coefficient (Wildman–Crippen LogP) is 1.44. The molecule has 0 aliphatic carbocycles. The molecule has 25 heavy (non-hydrogen) atoms. The van der Waals surface area contributed by atoms with Crippen molar-refractivity contribution in [3.05, 3.63) is 21.9 Å². The van der Waals surface area contributed by atoms with E-state index < -0.39 is 0 Å². The average Bonchev–Trinajstić information content (AvgIpc) is 3.14. The monoisotopic (exact) mass is 367 g/mol. The maximum Gasteiger partial charge on any atom is 0.228 e. The Bertz CT molecular complexity index is 588. The van der Waals surface area contributed by atoms with E-state index in [0.717, 1.165) is 6.54 Å². The van der Waals surface area contributed by atoms with Crippen LogP contribution in [-0.2, 0) is 20.9 Å². The summed E-state index contributed by atoms with van der Waals surface area (Å²) in [7, 11) is 5.63. The fourth-order valence-corrected chi connectivity index (χ4v) is 3.87. The Hall–Kier alpha value is -1.44. The maximum absolute atomic E-state index is 13.0. The zero-order valence-corrected chi connectivity index (χ0v) is 16.5. The second kappa shape index (κ2) is 9.31. The van der Waals surface area contributed by atoms with Crippen LogP contribution in [0.4, 0.5) is 0 Å². The molecule has 1 aliphatic rings. The number of rotatable bonds is 9. The van der Waals surface area contributed by atoms with Gasteiger partial charge in [0.1, 0.15) is 0 Å². The Morgan fingerprint density at radius 2 is 2.12 bits per heavy atom. The summed E-state index contributed by atoms with van der Waals surface area (Å²) in [6.07, 6.45) is 0.310. The number of carbonyl (C=O) groups excluding carboxylic acids is 2. The first kappa shape index (κ1) is 19.9. The highest BCUT2D eigenvalue weighted by atomic mass is 32.1. The van der Waals surface area contributed by atoms with Crippen molar-refractivity contribution >= 4 is 23.2 Å². The molecule has 1 aromatic rings. The van der Waals surface area contributed by atoms with Crippen molar-refractivity contribution in [3.8, 4) is 0 Å². The summed E-state index contributed by atoms with van der Waals surface area (Å²) in [6, 6.07) is 4.17. The summed E-state index contributed by atoms with van der Waals surface area (Å²) in [5.41, 5.74) is 0. The Balaban J connectivity index is 2.02. The molecular weight excluding hydrogens is 338 g/mol. The minimum Gasteiger partial charge on any atom is -0.383 e. The molecule has 2 rings (SSSR count). The number of aryl methyl sites for hydroxylation is 1. The molecule has 0 bridgehead atoms. The third-order valence-electron chi connectivity index (χ3n) is 4.40. The molecule has 0 spiro atoms. The van der Waals surface area contributed by atoms with Crippen molar-refractivity contribution in [2.45, 2.75) is 19.9 Å². The van der Waals surface area contributed by atoms with Crippen molar-refractivity contribution in [1.29, 1.82) is 0 Å². The van der Waals surface area contributed by atoms with E-state index in [1.54, 1.807) is 23.3 Å². The first-order valence-corrected chi connectivity index (χ1v) is 9.48. The van der Waals surface area contributed by atoms with Gasteiger partial charge in [-0.3, -0.25) is 9.59 Å². The summed E-state index contributed by atoms with van der Waals surface area (Å²) in [4.78, 5) is 33.3. The van der Waals surface area contributed by atoms with Crippen molar-refractivity contribution in [2.24, 2.45) is 5.92 Å². The van der Waals surface area contributed by atoms with E-state index in [4.69, 9.17) is 4.74 Å². The van der Waals surface area contributed by atoms with Gasteiger partial charge in [-0.25, -0.2) is 0 Å². The van der Waals surface area contributed by atoms with Crippen molar-refractivity contribution in [3.63, 3.8) is 0 Å². The van der Waals surface area contributed by atoms with Crippen molar-refractivity contribution in [2.75, 3.05) is 54.0 Å². The molecule has 0 radical (unpaired) electrons. The van der Waals surface area contributed by atoms with E-state index in [2.05, 4.69) is 24.0 Å². The highest BCUT2D eigenvalue weighted by Crippen LogP contribution is 2.23. The van der Waals surface area contributed by atoms with Crippen LogP contribution in [0, 0.1) is 12.8 Å². The largest absolute Gasteiger partial charge is 0.383 e. The molecule has 0 unspecified atom stereocenters. The molecule has 0 N–H and O–H groups in total. The van der Waals surface area contributed by atoms with Crippen molar-refractivity contribution < 1.29 is 14.3 Å². The van der Waals surface area contributed by atoms with Gasteiger partial charge in [0.15, 0.2) is 0 Å². The number of ether oxygens (including phenoxy) is 1. The third kappa shape index (κ3) is 5.80. The van der Waals surface area contributed by atoms with Gasteiger partial charge in [-0.05, 0) is 33.2 Å².